The number of rotatable bonds is 5. The van der Waals surface area contributed by atoms with Gasteiger partial charge in [-0.05, 0) is 43.0 Å². The lowest BCUT2D eigenvalue weighted by Gasteiger charge is -2.12. The molecule has 0 saturated heterocycles. The fourth-order valence-electron chi connectivity index (χ4n) is 2.28. The van der Waals surface area contributed by atoms with Gasteiger partial charge in [0.05, 0.1) is 0 Å². The number of hydrogen-bond acceptors (Lipinski definition) is 6. The Bertz CT molecular complexity index is 859. The molecule has 2 aromatic heterocycles. The third-order valence-corrected chi connectivity index (χ3v) is 3.77. The lowest BCUT2D eigenvalue weighted by molar-refractivity contribution is 0.685. The van der Waals surface area contributed by atoms with E-state index in [4.69, 9.17) is 0 Å². The van der Waals surface area contributed by atoms with Crippen molar-refractivity contribution in [1.82, 2.24) is 19.9 Å². The lowest BCUT2D eigenvalue weighted by Crippen LogP contribution is -2.12. The van der Waals surface area contributed by atoms with Crippen molar-refractivity contribution in [2.24, 2.45) is 5.92 Å². The Kier molecular flexibility index (Phi) is 4.55. The van der Waals surface area contributed by atoms with Crippen molar-refractivity contribution in [2.45, 2.75) is 27.7 Å². The molecule has 0 radical (unpaired) electrons. The Morgan fingerprint density at radius 2 is 1.79 bits per heavy atom. The van der Waals surface area contributed by atoms with E-state index in [1.165, 1.54) is 11.1 Å². The van der Waals surface area contributed by atoms with Crippen molar-refractivity contribution in [2.75, 3.05) is 17.2 Å². The van der Waals surface area contributed by atoms with Crippen LogP contribution in [0.25, 0.3) is 11.2 Å². The van der Waals surface area contributed by atoms with E-state index in [9.17, 15) is 0 Å². The van der Waals surface area contributed by atoms with Gasteiger partial charge in [-0.1, -0.05) is 19.9 Å². The fraction of sp³-hybridized carbons (Fsp3) is 0.333. The number of benzene rings is 1. The number of fused-ring (bicyclic) bond motifs is 1. The summed E-state index contributed by atoms with van der Waals surface area (Å²) in [6, 6.07) is 6.22. The van der Waals surface area contributed by atoms with Gasteiger partial charge in [0.15, 0.2) is 17.0 Å². The average Bonchev–Trinajstić information content (AvgIpc) is 2.56. The highest BCUT2D eigenvalue weighted by atomic mass is 15.2. The molecule has 0 unspecified atom stereocenters. The maximum absolute atomic E-state index is 4.58. The van der Waals surface area contributed by atoms with Crippen molar-refractivity contribution in [1.29, 1.82) is 0 Å². The molecule has 124 valence electrons. The molecule has 0 saturated carbocycles. The zero-order valence-corrected chi connectivity index (χ0v) is 14.5. The van der Waals surface area contributed by atoms with E-state index in [-0.39, 0.29) is 0 Å². The summed E-state index contributed by atoms with van der Waals surface area (Å²) in [6.07, 6.45) is 3.29. The van der Waals surface area contributed by atoms with Gasteiger partial charge in [0.25, 0.3) is 0 Å². The second-order valence-electron chi connectivity index (χ2n) is 6.32. The summed E-state index contributed by atoms with van der Waals surface area (Å²) in [7, 11) is 0. The van der Waals surface area contributed by atoms with Crippen LogP contribution in [0.3, 0.4) is 0 Å². The number of anilines is 3. The second-order valence-corrected chi connectivity index (χ2v) is 6.32. The Labute approximate surface area is 141 Å². The molecule has 2 N–H and O–H groups in total. The number of hydrogen-bond donors (Lipinski definition) is 2. The molecule has 24 heavy (non-hydrogen) atoms. The van der Waals surface area contributed by atoms with Crippen molar-refractivity contribution < 1.29 is 0 Å². The first-order valence-electron chi connectivity index (χ1n) is 8.10. The minimum Gasteiger partial charge on any atom is -0.354 e. The van der Waals surface area contributed by atoms with Gasteiger partial charge in [0.1, 0.15) is 0 Å². The zero-order chi connectivity index (χ0) is 17.1. The van der Waals surface area contributed by atoms with Crippen molar-refractivity contribution in [3.8, 4) is 0 Å². The highest BCUT2D eigenvalue weighted by Crippen LogP contribution is 2.23. The first kappa shape index (κ1) is 16.1. The van der Waals surface area contributed by atoms with Crippen molar-refractivity contribution >= 4 is 28.6 Å². The van der Waals surface area contributed by atoms with Crippen LogP contribution >= 0.6 is 0 Å². The molecule has 1 aromatic carbocycles. The summed E-state index contributed by atoms with van der Waals surface area (Å²) in [4.78, 5) is 17.7. The van der Waals surface area contributed by atoms with E-state index in [1.54, 1.807) is 12.4 Å². The fourth-order valence-corrected chi connectivity index (χ4v) is 2.28. The van der Waals surface area contributed by atoms with E-state index in [0.717, 1.165) is 12.2 Å². The molecule has 2 heterocycles. The monoisotopic (exact) mass is 322 g/mol. The molecule has 6 nitrogen and oxygen atoms in total. The van der Waals surface area contributed by atoms with Crippen LogP contribution in [0.1, 0.15) is 25.0 Å². The molecule has 0 aliphatic rings. The van der Waals surface area contributed by atoms with Crippen molar-refractivity contribution in [3.05, 3.63) is 41.7 Å². The van der Waals surface area contributed by atoms with Crippen LogP contribution in [0.2, 0.25) is 0 Å². The molecule has 0 fully saturated rings. The van der Waals surface area contributed by atoms with E-state index < -0.39 is 0 Å². The van der Waals surface area contributed by atoms with Gasteiger partial charge in [-0.3, -0.25) is 0 Å². The van der Waals surface area contributed by atoms with Gasteiger partial charge < -0.3 is 10.6 Å². The molecular weight excluding hydrogens is 300 g/mol. The molecule has 0 atom stereocenters. The molecular formula is C18H22N6. The maximum Gasteiger partial charge on any atom is 0.226 e. The van der Waals surface area contributed by atoms with Gasteiger partial charge in [0, 0.05) is 24.6 Å². The van der Waals surface area contributed by atoms with Crippen LogP contribution in [0, 0.1) is 19.8 Å². The summed E-state index contributed by atoms with van der Waals surface area (Å²) in [5.41, 5.74) is 4.68. The van der Waals surface area contributed by atoms with Crippen LogP contribution in [0.5, 0.6) is 0 Å². The topological polar surface area (TPSA) is 75.6 Å². The predicted molar refractivity (Wildman–Crippen MR) is 97.7 cm³/mol. The highest BCUT2D eigenvalue weighted by molar-refractivity contribution is 5.85. The highest BCUT2D eigenvalue weighted by Gasteiger charge is 2.11. The summed E-state index contributed by atoms with van der Waals surface area (Å²) in [6.45, 7) is 9.27. The summed E-state index contributed by atoms with van der Waals surface area (Å²) in [5.74, 6) is 1.72. The molecule has 0 aliphatic heterocycles. The number of aryl methyl sites for hydroxylation is 2. The Morgan fingerprint density at radius 1 is 1.00 bits per heavy atom. The third-order valence-electron chi connectivity index (χ3n) is 3.77. The molecule has 3 rings (SSSR count). The molecule has 3 aromatic rings. The summed E-state index contributed by atoms with van der Waals surface area (Å²) >= 11 is 0. The van der Waals surface area contributed by atoms with E-state index in [1.807, 2.05) is 6.07 Å². The first-order chi connectivity index (χ1) is 11.5. The summed E-state index contributed by atoms with van der Waals surface area (Å²) in [5, 5.41) is 6.60. The van der Waals surface area contributed by atoms with E-state index >= 15 is 0 Å². The maximum atomic E-state index is 4.58. The Hall–Kier alpha value is -2.76. The van der Waals surface area contributed by atoms with Gasteiger partial charge in [0.2, 0.25) is 5.95 Å². The number of aromatic nitrogens is 4. The molecule has 0 aliphatic carbocycles. The minimum absolute atomic E-state index is 0.502. The van der Waals surface area contributed by atoms with Gasteiger partial charge in [-0.15, -0.1) is 0 Å². The van der Waals surface area contributed by atoms with Gasteiger partial charge in [-0.25, -0.2) is 9.97 Å². The second kappa shape index (κ2) is 6.78. The Balaban J connectivity index is 1.99. The lowest BCUT2D eigenvalue weighted by atomic mass is 10.1. The smallest absolute Gasteiger partial charge is 0.226 e. The van der Waals surface area contributed by atoms with Crippen LogP contribution in [0.15, 0.2) is 30.6 Å². The quantitative estimate of drug-likeness (QED) is 0.743. The molecule has 0 bridgehead atoms. The van der Waals surface area contributed by atoms with Crippen LogP contribution in [0.4, 0.5) is 17.5 Å². The molecule has 6 heteroatoms. The number of nitrogens with zero attached hydrogens (tertiary/aromatic N) is 4. The molecule has 0 spiro atoms. The summed E-state index contributed by atoms with van der Waals surface area (Å²) < 4.78 is 0. The predicted octanol–water partition coefficient (Wildman–Crippen LogP) is 3.85. The van der Waals surface area contributed by atoms with Gasteiger partial charge >= 0.3 is 0 Å². The average molecular weight is 322 g/mol. The van der Waals surface area contributed by atoms with E-state index in [0.29, 0.717) is 28.8 Å². The molecule has 0 amide bonds. The SMILES string of the molecule is Cc1ccc(Nc2nc(NCC(C)C)nc3nccnc23)cc1C. The normalized spacial score (nSPS) is 11.0. The minimum atomic E-state index is 0.502. The van der Waals surface area contributed by atoms with Crippen molar-refractivity contribution in [3.63, 3.8) is 0 Å². The van der Waals surface area contributed by atoms with Crippen LogP contribution < -0.4 is 10.6 Å². The Morgan fingerprint density at radius 3 is 2.54 bits per heavy atom. The van der Waals surface area contributed by atoms with E-state index in [2.05, 4.69) is 70.4 Å². The zero-order valence-electron chi connectivity index (χ0n) is 14.5. The van der Waals surface area contributed by atoms with Crippen LogP contribution in [-0.2, 0) is 0 Å². The van der Waals surface area contributed by atoms with Crippen LogP contribution in [-0.4, -0.2) is 26.5 Å². The number of nitrogens with one attached hydrogen (secondary N) is 2. The first-order valence-corrected chi connectivity index (χ1v) is 8.10. The largest absolute Gasteiger partial charge is 0.354 e. The standard InChI is InChI=1S/C18H22N6/c1-11(2)10-21-18-23-16-15(19-7-8-20-16)17(24-18)22-14-6-5-12(3)13(4)9-14/h5-9,11H,10H2,1-4H3,(H2,20,21,22,23,24). The van der Waals surface area contributed by atoms with Gasteiger partial charge in [-0.2, -0.15) is 9.97 Å². The third kappa shape index (κ3) is 3.59.